The highest BCUT2D eigenvalue weighted by atomic mass is 15.1. The number of benzene rings is 1. The Morgan fingerprint density at radius 3 is 2.67 bits per heavy atom. The van der Waals surface area contributed by atoms with Crippen LogP contribution >= 0.6 is 0 Å². The van der Waals surface area contributed by atoms with Crippen LogP contribution in [0, 0.1) is 13.8 Å². The molecule has 2 heterocycles. The SMILES string of the molecule is Cc1cc2c(ncn2Cc2ccccc2)nc1C. The summed E-state index contributed by atoms with van der Waals surface area (Å²) in [5.41, 5.74) is 5.45. The molecule has 0 N–H and O–H groups in total. The standard InChI is InChI=1S/C15H15N3/c1-11-8-14-15(17-12(11)2)16-10-18(14)9-13-6-4-3-5-7-13/h3-8,10H,9H2,1-2H3. The number of pyridine rings is 1. The number of aryl methyl sites for hydroxylation is 2. The number of hydrogen-bond acceptors (Lipinski definition) is 2. The fourth-order valence-corrected chi connectivity index (χ4v) is 2.08. The van der Waals surface area contributed by atoms with E-state index >= 15 is 0 Å². The minimum absolute atomic E-state index is 0.828. The molecule has 90 valence electrons. The summed E-state index contributed by atoms with van der Waals surface area (Å²) in [5.74, 6) is 0. The van der Waals surface area contributed by atoms with Crippen LogP contribution in [-0.4, -0.2) is 14.5 Å². The fourth-order valence-electron chi connectivity index (χ4n) is 2.08. The number of hydrogen-bond donors (Lipinski definition) is 0. The molecule has 18 heavy (non-hydrogen) atoms. The minimum Gasteiger partial charge on any atom is -0.325 e. The number of nitrogens with zero attached hydrogens (tertiary/aromatic N) is 3. The van der Waals surface area contributed by atoms with E-state index in [-0.39, 0.29) is 0 Å². The lowest BCUT2D eigenvalue weighted by molar-refractivity contribution is 0.824. The van der Waals surface area contributed by atoms with E-state index in [1.165, 1.54) is 11.1 Å². The van der Waals surface area contributed by atoms with E-state index < -0.39 is 0 Å². The van der Waals surface area contributed by atoms with Crippen molar-refractivity contribution in [2.75, 3.05) is 0 Å². The van der Waals surface area contributed by atoms with Crippen molar-refractivity contribution < 1.29 is 0 Å². The molecule has 0 unspecified atom stereocenters. The average molecular weight is 237 g/mol. The van der Waals surface area contributed by atoms with Gasteiger partial charge in [-0.05, 0) is 31.0 Å². The zero-order valence-electron chi connectivity index (χ0n) is 10.6. The molecule has 0 spiro atoms. The Morgan fingerprint density at radius 2 is 1.89 bits per heavy atom. The second kappa shape index (κ2) is 4.26. The molecule has 3 heteroatoms. The van der Waals surface area contributed by atoms with Crippen LogP contribution in [0.5, 0.6) is 0 Å². The topological polar surface area (TPSA) is 30.7 Å². The van der Waals surface area contributed by atoms with Gasteiger partial charge < -0.3 is 4.57 Å². The van der Waals surface area contributed by atoms with E-state index in [2.05, 4.69) is 51.8 Å². The van der Waals surface area contributed by atoms with Crippen LogP contribution in [0.15, 0.2) is 42.7 Å². The van der Waals surface area contributed by atoms with Gasteiger partial charge >= 0.3 is 0 Å². The Morgan fingerprint density at radius 1 is 1.11 bits per heavy atom. The van der Waals surface area contributed by atoms with Gasteiger partial charge in [-0.2, -0.15) is 0 Å². The second-order valence-electron chi connectivity index (χ2n) is 4.59. The van der Waals surface area contributed by atoms with Gasteiger partial charge in [0.1, 0.15) is 0 Å². The van der Waals surface area contributed by atoms with Gasteiger partial charge in [0.15, 0.2) is 5.65 Å². The molecule has 0 atom stereocenters. The van der Waals surface area contributed by atoms with E-state index in [4.69, 9.17) is 0 Å². The highest BCUT2D eigenvalue weighted by molar-refractivity contribution is 5.72. The molecule has 0 bridgehead atoms. The first-order valence-electron chi connectivity index (χ1n) is 6.07. The smallest absolute Gasteiger partial charge is 0.177 e. The molecule has 0 fully saturated rings. The van der Waals surface area contributed by atoms with Gasteiger partial charge in [-0.1, -0.05) is 30.3 Å². The molecule has 3 nitrogen and oxygen atoms in total. The maximum atomic E-state index is 4.51. The predicted octanol–water partition coefficient (Wildman–Crippen LogP) is 3.10. The molecule has 3 rings (SSSR count). The maximum Gasteiger partial charge on any atom is 0.177 e. The van der Waals surface area contributed by atoms with Crippen LogP contribution in [0.4, 0.5) is 0 Å². The van der Waals surface area contributed by atoms with Crippen LogP contribution in [0.2, 0.25) is 0 Å². The third kappa shape index (κ3) is 1.88. The number of fused-ring (bicyclic) bond motifs is 1. The van der Waals surface area contributed by atoms with Crippen LogP contribution in [0.3, 0.4) is 0 Å². The van der Waals surface area contributed by atoms with E-state index in [1.54, 1.807) is 0 Å². The highest BCUT2D eigenvalue weighted by Crippen LogP contribution is 2.16. The Bertz CT molecular complexity index is 684. The van der Waals surface area contributed by atoms with Crippen molar-refractivity contribution in [3.8, 4) is 0 Å². The highest BCUT2D eigenvalue weighted by Gasteiger charge is 2.06. The van der Waals surface area contributed by atoms with E-state index in [1.807, 2.05) is 19.3 Å². The summed E-state index contributed by atoms with van der Waals surface area (Å²) in [7, 11) is 0. The number of aromatic nitrogens is 3. The van der Waals surface area contributed by atoms with E-state index in [0.717, 1.165) is 23.4 Å². The van der Waals surface area contributed by atoms with Crippen molar-refractivity contribution >= 4 is 11.2 Å². The van der Waals surface area contributed by atoms with Crippen molar-refractivity contribution in [1.29, 1.82) is 0 Å². The van der Waals surface area contributed by atoms with Gasteiger partial charge in [0.25, 0.3) is 0 Å². The zero-order chi connectivity index (χ0) is 12.5. The van der Waals surface area contributed by atoms with Crippen molar-refractivity contribution in [2.24, 2.45) is 0 Å². The van der Waals surface area contributed by atoms with Crippen molar-refractivity contribution in [3.63, 3.8) is 0 Å². The van der Waals surface area contributed by atoms with Gasteiger partial charge in [0.2, 0.25) is 0 Å². The second-order valence-corrected chi connectivity index (χ2v) is 4.59. The molecule has 0 saturated carbocycles. The fraction of sp³-hybridized carbons (Fsp3) is 0.200. The zero-order valence-corrected chi connectivity index (χ0v) is 10.6. The monoisotopic (exact) mass is 237 g/mol. The Kier molecular flexibility index (Phi) is 2.59. The minimum atomic E-state index is 0.828. The van der Waals surface area contributed by atoms with Crippen molar-refractivity contribution in [2.45, 2.75) is 20.4 Å². The van der Waals surface area contributed by atoms with E-state index in [0.29, 0.717) is 0 Å². The lowest BCUT2D eigenvalue weighted by atomic mass is 10.2. The van der Waals surface area contributed by atoms with E-state index in [9.17, 15) is 0 Å². The summed E-state index contributed by atoms with van der Waals surface area (Å²) >= 11 is 0. The summed E-state index contributed by atoms with van der Waals surface area (Å²) in [6.45, 7) is 4.94. The Balaban J connectivity index is 2.05. The quantitative estimate of drug-likeness (QED) is 0.685. The Hall–Kier alpha value is -2.16. The molecule has 1 aromatic carbocycles. The molecular weight excluding hydrogens is 222 g/mol. The molecule has 0 amide bonds. The number of rotatable bonds is 2. The molecular formula is C15H15N3. The molecule has 0 aliphatic carbocycles. The first-order chi connectivity index (χ1) is 8.74. The van der Waals surface area contributed by atoms with Gasteiger partial charge in [-0.3, -0.25) is 0 Å². The summed E-state index contributed by atoms with van der Waals surface area (Å²) in [6.07, 6.45) is 1.86. The van der Waals surface area contributed by atoms with Crippen molar-refractivity contribution in [1.82, 2.24) is 14.5 Å². The van der Waals surface area contributed by atoms with Crippen molar-refractivity contribution in [3.05, 3.63) is 59.5 Å². The van der Waals surface area contributed by atoms with Crippen LogP contribution in [0.1, 0.15) is 16.8 Å². The first kappa shape index (κ1) is 11.0. The van der Waals surface area contributed by atoms with Crippen LogP contribution in [0.25, 0.3) is 11.2 Å². The summed E-state index contributed by atoms with van der Waals surface area (Å²) in [4.78, 5) is 8.87. The average Bonchev–Trinajstić information content (AvgIpc) is 2.74. The third-order valence-corrected chi connectivity index (χ3v) is 3.25. The third-order valence-electron chi connectivity index (χ3n) is 3.25. The van der Waals surface area contributed by atoms with Gasteiger partial charge in [0.05, 0.1) is 11.8 Å². The Labute approximate surface area is 106 Å². The molecule has 0 aliphatic rings. The first-order valence-corrected chi connectivity index (χ1v) is 6.07. The summed E-state index contributed by atoms with van der Waals surface area (Å²) in [5, 5.41) is 0. The molecule has 0 saturated heterocycles. The summed E-state index contributed by atoms with van der Waals surface area (Å²) < 4.78 is 2.14. The molecule has 0 radical (unpaired) electrons. The number of imidazole rings is 1. The van der Waals surface area contributed by atoms with Crippen LogP contribution in [-0.2, 0) is 6.54 Å². The van der Waals surface area contributed by atoms with Crippen LogP contribution < -0.4 is 0 Å². The lowest BCUT2D eigenvalue weighted by Crippen LogP contribution is -1.98. The predicted molar refractivity (Wildman–Crippen MR) is 72.5 cm³/mol. The lowest BCUT2D eigenvalue weighted by Gasteiger charge is -2.05. The van der Waals surface area contributed by atoms with Gasteiger partial charge in [-0.15, -0.1) is 0 Å². The molecule has 3 aromatic rings. The largest absolute Gasteiger partial charge is 0.325 e. The van der Waals surface area contributed by atoms with Gasteiger partial charge in [-0.25, -0.2) is 9.97 Å². The maximum absolute atomic E-state index is 4.51. The molecule has 0 aliphatic heterocycles. The normalized spacial score (nSPS) is 11.0. The summed E-state index contributed by atoms with van der Waals surface area (Å²) in [6, 6.07) is 12.6. The van der Waals surface area contributed by atoms with Gasteiger partial charge in [0, 0.05) is 12.2 Å². The molecule has 2 aromatic heterocycles.